The number of amides is 1. The van der Waals surface area contributed by atoms with Gasteiger partial charge in [0.2, 0.25) is 6.79 Å². The van der Waals surface area contributed by atoms with E-state index in [4.69, 9.17) is 14.2 Å². The number of benzene rings is 2. The van der Waals surface area contributed by atoms with Crippen molar-refractivity contribution in [1.29, 1.82) is 0 Å². The SMILES string of the molecule is CC(C)c1ccc(OCC(=O)Nc2nc3cc4c(cc3s2)OCO4)cc1. The van der Waals surface area contributed by atoms with E-state index in [9.17, 15) is 4.79 Å². The van der Waals surface area contributed by atoms with Gasteiger partial charge in [-0.05, 0) is 23.6 Å². The fourth-order valence-corrected chi connectivity index (χ4v) is 3.52. The van der Waals surface area contributed by atoms with E-state index in [0.29, 0.717) is 28.3 Å². The summed E-state index contributed by atoms with van der Waals surface area (Å²) in [5, 5.41) is 3.29. The van der Waals surface area contributed by atoms with Gasteiger partial charge in [0, 0.05) is 12.1 Å². The summed E-state index contributed by atoms with van der Waals surface area (Å²) >= 11 is 1.38. The Kier molecular flexibility index (Phi) is 4.38. The molecule has 0 aliphatic carbocycles. The second-order valence-corrected chi connectivity index (χ2v) is 7.28. The van der Waals surface area contributed by atoms with Gasteiger partial charge in [-0.15, -0.1) is 0 Å². The monoisotopic (exact) mass is 370 g/mol. The van der Waals surface area contributed by atoms with E-state index in [1.165, 1.54) is 16.9 Å². The van der Waals surface area contributed by atoms with Gasteiger partial charge < -0.3 is 14.2 Å². The Hall–Kier alpha value is -2.80. The number of hydrogen-bond donors (Lipinski definition) is 1. The Labute approximate surface area is 154 Å². The minimum absolute atomic E-state index is 0.0698. The molecule has 0 saturated carbocycles. The molecule has 1 aliphatic rings. The van der Waals surface area contributed by atoms with E-state index in [-0.39, 0.29) is 19.3 Å². The van der Waals surface area contributed by atoms with Crippen LogP contribution in [0.2, 0.25) is 0 Å². The molecule has 1 amide bonds. The van der Waals surface area contributed by atoms with Gasteiger partial charge in [0.15, 0.2) is 23.2 Å². The highest BCUT2D eigenvalue weighted by Gasteiger charge is 2.17. The molecule has 26 heavy (non-hydrogen) atoms. The average Bonchev–Trinajstić information content (AvgIpc) is 3.23. The van der Waals surface area contributed by atoms with Crippen molar-refractivity contribution in [3.8, 4) is 17.2 Å². The van der Waals surface area contributed by atoms with E-state index >= 15 is 0 Å². The fraction of sp³-hybridized carbons (Fsp3) is 0.263. The zero-order valence-corrected chi connectivity index (χ0v) is 15.3. The van der Waals surface area contributed by atoms with E-state index in [2.05, 4.69) is 24.1 Å². The molecule has 1 aromatic heterocycles. The minimum Gasteiger partial charge on any atom is -0.484 e. The Morgan fingerprint density at radius 2 is 1.96 bits per heavy atom. The molecule has 0 bridgehead atoms. The zero-order valence-electron chi connectivity index (χ0n) is 14.4. The third-order valence-corrected chi connectivity index (χ3v) is 4.98. The van der Waals surface area contributed by atoms with Gasteiger partial charge in [0.05, 0.1) is 10.2 Å². The number of nitrogens with one attached hydrogen (secondary N) is 1. The number of hydrogen-bond acceptors (Lipinski definition) is 6. The van der Waals surface area contributed by atoms with Crippen LogP contribution in [0.4, 0.5) is 5.13 Å². The molecule has 0 fully saturated rings. The molecule has 6 nitrogen and oxygen atoms in total. The Balaban J connectivity index is 1.38. The lowest BCUT2D eigenvalue weighted by molar-refractivity contribution is -0.118. The van der Waals surface area contributed by atoms with E-state index in [1.807, 2.05) is 36.4 Å². The molecule has 0 saturated heterocycles. The maximum absolute atomic E-state index is 12.1. The first-order chi connectivity index (χ1) is 12.6. The Bertz CT molecular complexity index is 909. The number of nitrogens with zero attached hydrogens (tertiary/aromatic N) is 1. The molecule has 1 N–H and O–H groups in total. The molecule has 2 aromatic carbocycles. The average molecular weight is 370 g/mol. The van der Waals surface area contributed by atoms with Gasteiger partial charge >= 0.3 is 0 Å². The van der Waals surface area contributed by atoms with Crippen LogP contribution in [0.15, 0.2) is 36.4 Å². The lowest BCUT2D eigenvalue weighted by Crippen LogP contribution is -2.20. The molecule has 0 spiro atoms. The second kappa shape index (κ2) is 6.84. The van der Waals surface area contributed by atoms with Gasteiger partial charge in [-0.3, -0.25) is 10.1 Å². The lowest BCUT2D eigenvalue weighted by atomic mass is 10.0. The van der Waals surface area contributed by atoms with Crippen LogP contribution in [-0.2, 0) is 4.79 Å². The van der Waals surface area contributed by atoms with Gasteiger partial charge in [0.25, 0.3) is 5.91 Å². The maximum Gasteiger partial charge on any atom is 0.264 e. The summed E-state index contributed by atoms with van der Waals surface area (Å²) in [6, 6.07) is 11.5. The first-order valence-corrected chi connectivity index (χ1v) is 9.13. The summed E-state index contributed by atoms with van der Waals surface area (Å²) in [6.45, 7) is 4.42. The second-order valence-electron chi connectivity index (χ2n) is 6.25. The normalized spacial score (nSPS) is 12.6. The molecule has 2 heterocycles. The molecular formula is C19H18N2O4S. The Morgan fingerprint density at radius 3 is 2.69 bits per heavy atom. The highest BCUT2D eigenvalue weighted by Crippen LogP contribution is 2.38. The molecule has 0 atom stereocenters. The Morgan fingerprint density at radius 1 is 1.23 bits per heavy atom. The van der Waals surface area contributed by atoms with Crippen molar-refractivity contribution in [3.05, 3.63) is 42.0 Å². The van der Waals surface area contributed by atoms with Crippen LogP contribution in [0.5, 0.6) is 17.2 Å². The summed E-state index contributed by atoms with van der Waals surface area (Å²) in [4.78, 5) is 16.5. The molecular weight excluding hydrogens is 352 g/mol. The molecule has 0 radical (unpaired) electrons. The summed E-state index contributed by atoms with van der Waals surface area (Å²) in [7, 11) is 0. The summed E-state index contributed by atoms with van der Waals surface area (Å²) < 4.78 is 17.2. The maximum atomic E-state index is 12.1. The highest BCUT2D eigenvalue weighted by molar-refractivity contribution is 7.22. The van der Waals surface area contributed by atoms with Crippen molar-refractivity contribution in [3.63, 3.8) is 0 Å². The third kappa shape index (κ3) is 3.43. The van der Waals surface area contributed by atoms with Gasteiger partial charge in [-0.2, -0.15) is 0 Å². The number of rotatable bonds is 5. The number of thiazole rings is 1. The third-order valence-electron chi connectivity index (χ3n) is 4.05. The minimum atomic E-state index is -0.253. The predicted octanol–water partition coefficient (Wildman–Crippen LogP) is 4.17. The lowest BCUT2D eigenvalue weighted by Gasteiger charge is -2.08. The first kappa shape index (κ1) is 16.7. The number of carbonyl (C=O) groups is 1. The van der Waals surface area contributed by atoms with Crippen molar-refractivity contribution in [2.45, 2.75) is 19.8 Å². The van der Waals surface area contributed by atoms with Crippen molar-refractivity contribution in [2.24, 2.45) is 0 Å². The highest BCUT2D eigenvalue weighted by atomic mass is 32.1. The molecule has 1 aliphatic heterocycles. The number of anilines is 1. The first-order valence-electron chi connectivity index (χ1n) is 8.31. The van der Waals surface area contributed by atoms with Crippen molar-refractivity contribution in [2.75, 3.05) is 18.7 Å². The van der Waals surface area contributed by atoms with Crippen molar-refractivity contribution < 1.29 is 19.0 Å². The number of carbonyl (C=O) groups excluding carboxylic acids is 1. The van der Waals surface area contributed by atoms with Crippen LogP contribution in [-0.4, -0.2) is 24.3 Å². The van der Waals surface area contributed by atoms with Crippen LogP contribution in [0.25, 0.3) is 10.2 Å². The largest absolute Gasteiger partial charge is 0.484 e. The smallest absolute Gasteiger partial charge is 0.264 e. The van der Waals surface area contributed by atoms with Gasteiger partial charge in [-0.25, -0.2) is 4.98 Å². The quantitative estimate of drug-likeness (QED) is 0.730. The molecule has 4 rings (SSSR count). The molecule has 134 valence electrons. The topological polar surface area (TPSA) is 69.7 Å². The standard InChI is InChI=1S/C19H18N2O4S/c1-11(2)12-3-5-13(6-4-12)23-9-18(22)21-19-20-14-7-15-16(25-10-24-15)8-17(14)26-19/h3-8,11H,9-10H2,1-2H3,(H,20,21,22). The summed E-state index contributed by atoms with van der Waals surface area (Å²) in [5.74, 6) is 2.25. The number of fused-ring (bicyclic) bond motifs is 2. The zero-order chi connectivity index (χ0) is 18.1. The van der Waals surface area contributed by atoms with Crippen molar-refractivity contribution >= 4 is 32.6 Å². The number of ether oxygens (including phenoxy) is 3. The van der Waals surface area contributed by atoms with E-state index in [1.54, 1.807) is 0 Å². The summed E-state index contributed by atoms with van der Waals surface area (Å²) in [6.07, 6.45) is 0. The van der Waals surface area contributed by atoms with E-state index in [0.717, 1.165) is 10.2 Å². The van der Waals surface area contributed by atoms with Crippen molar-refractivity contribution in [1.82, 2.24) is 4.98 Å². The van der Waals surface area contributed by atoms with Crippen LogP contribution < -0.4 is 19.5 Å². The van der Waals surface area contributed by atoms with E-state index < -0.39 is 0 Å². The summed E-state index contributed by atoms with van der Waals surface area (Å²) in [5.41, 5.74) is 2.00. The number of aromatic nitrogens is 1. The fourth-order valence-electron chi connectivity index (χ4n) is 2.62. The van der Waals surface area contributed by atoms with Crippen LogP contribution >= 0.6 is 11.3 Å². The molecule has 0 unspecified atom stereocenters. The van der Waals surface area contributed by atoms with Crippen LogP contribution in [0, 0.1) is 0 Å². The molecule has 7 heteroatoms. The molecule has 3 aromatic rings. The van der Waals surface area contributed by atoms with Crippen LogP contribution in [0.3, 0.4) is 0 Å². The van der Waals surface area contributed by atoms with Gasteiger partial charge in [0.1, 0.15) is 5.75 Å². The predicted molar refractivity (Wildman–Crippen MR) is 100 cm³/mol. The van der Waals surface area contributed by atoms with Gasteiger partial charge in [-0.1, -0.05) is 37.3 Å². The van der Waals surface area contributed by atoms with Crippen LogP contribution in [0.1, 0.15) is 25.3 Å².